The van der Waals surface area contributed by atoms with E-state index in [1.807, 2.05) is 0 Å². The Balaban J connectivity index is 1.18. The molecule has 3 aliphatic rings. The number of hydrogen-bond acceptors (Lipinski definition) is 11. The fourth-order valence-corrected chi connectivity index (χ4v) is 5.61. The van der Waals surface area contributed by atoms with E-state index in [1.165, 1.54) is 25.1 Å². The maximum Gasteiger partial charge on any atom is 0.247 e. The lowest BCUT2D eigenvalue weighted by molar-refractivity contribution is -0.155. The van der Waals surface area contributed by atoms with Crippen LogP contribution in [-0.4, -0.2) is 106 Å². The molecule has 12 nitrogen and oxygen atoms in total. The molecule has 10 atom stereocenters. The summed E-state index contributed by atoms with van der Waals surface area (Å²) in [5, 5.41) is 55.4. The summed E-state index contributed by atoms with van der Waals surface area (Å²) in [6.45, 7) is 3.13. The number of aliphatic hydroxyl groups excluding tert-OH is 5. The zero-order chi connectivity index (χ0) is 32.4. The highest BCUT2D eigenvalue weighted by Gasteiger charge is 2.53. The summed E-state index contributed by atoms with van der Waals surface area (Å²) in [6.07, 6.45) is -8.15. The molecule has 2 aromatic rings. The van der Waals surface area contributed by atoms with Crippen LogP contribution in [0.3, 0.4) is 0 Å². The van der Waals surface area contributed by atoms with Gasteiger partial charge < -0.3 is 54.5 Å². The molecule has 0 radical (unpaired) electrons. The first-order valence-corrected chi connectivity index (χ1v) is 14.6. The van der Waals surface area contributed by atoms with Crippen molar-refractivity contribution in [2.24, 2.45) is 0 Å². The standard InChI is InChI=1S/C31H35ClFNO11/c1-14(8-9-41-18-5-3-4-17(32)12-18)27-25(38)26(39)31(45-27)44-20-7-6-16(11-19(20)33)10-15(2)30(40)34-21-22(35)24(37)29-28(23(21)36)42-13-43-29/h3-8,10-12,21-29,31,35-39H,9,13H2,1-2H3,(H,34,40)/b14-8+,15-10+/t21-,22+,23-,24-,25+,26+,27-,28+,29-,31-/m1/s1. The quantitative estimate of drug-likeness (QED) is 0.169. The third kappa shape index (κ3) is 7.32. The Labute approximate surface area is 263 Å². The van der Waals surface area contributed by atoms with Crippen LogP contribution in [0, 0.1) is 5.82 Å². The van der Waals surface area contributed by atoms with E-state index in [0.717, 1.165) is 6.07 Å². The Morgan fingerprint density at radius 2 is 1.73 bits per heavy atom. The van der Waals surface area contributed by atoms with Crippen molar-refractivity contribution in [3.63, 3.8) is 0 Å². The van der Waals surface area contributed by atoms with E-state index in [9.17, 15) is 30.3 Å². The van der Waals surface area contributed by atoms with Gasteiger partial charge in [-0.05, 0) is 67.5 Å². The normalized spacial score (nSPS) is 33.5. The molecule has 6 N–H and O–H groups in total. The second kappa shape index (κ2) is 14.1. The number of rotatable bonds is 9. The van der Waals surface area contributed by atoms with E-state index in [0.29, 0.717) is 16.3 Å². The van der Waals surface area contributed by atoms with Gasteiger partial charge in [0.2, 0.25) is 12.2 Å². The summed E-state index contributed by atoms with van der Waals surface area (Å²) >= 11 is 5.96. The van der Waals surface area contributed by atoms with E-state index < -0.39 is 72.9 Å². The number of amides is 1. The van der Waals surface area contributed by atoms with Gasteiger partial charge in [0.05, 0.1) is 6.04 Å². The molecule has 2 aliphatic heterocycles. The van der Waals surface area contributed by atoms with Gasteiger partial charge in [0, 0.05) is 10.6 Å². The zero-order valence-electron chi connectivity index (χ0n) is 24.3. The molecule has 0 spiro atoms. The first kappa shape index (κ1) is 33.3. The molecule has 0 bridgehead atoms. The molecule has 244 valence electrons. The number of hydrogen-bond donors (Lipinski definition) is 6. The number of nitrogens with one attached hydrogen (secondary N) is 1. The summed E-state index contributed by atoms with van der Waals surface area (Å²) in [4.78, 5) is 12.8. The van der Waals surface area contributed by atoms with Gasteiger partial charge in [-0.3, -0.25) is 4.79 Å². The average Bonchev–Trinajstić information content (AvgIpc) is 3.61. The first-order valence-electron chi connectivity index (χ1n) is 14.2. The van der Waals surface area contributed by atoms with Crippen molar-refractivity contribution in [3.05, 3.63) is 76.1 Å². The number of halogens is 2. The molecule has 2 heterocycles. The molecular weight excluding hydrogens is 617 g/mol. The lowest BCUT2D eigenvalue weighted by Gasteiger charge is -2.41. The monoisotopic (exact) mass is 651 g/mol. The van der Waals surface area contributed by atoms with Gasteiger partial charge in [0.1, 0.15) is 68.0 Å². The Morgan fingerprint density at radius 1 is 1.00 bits per heavy atom. The summed E-state index contributed by atoms with van der Waals surface area (Å²) in [6, 6.07) is 9.46. The third-order valence-electron chi connectivity index (χ3n) is 7.96. The topological polar surface area (TPSA) is 176 Å². The van der Waals surface area contributed by atoms with Crippen LogP contribution in [0.15, 0.2) is 59.7 Å². The molecule has 5 rings (SSSR count). The van der Waals surface area contributed by atoms with Gasteiger partial charge >= 0.3 is 0 Å². The summed E-state index contributed by atoms with van der Waals surface area (Å²) < 4.78 is 42.4. The molecule has 45 heavy (non-hydrogen) atoms. The fourth-order valence-electron chi connectivity index (χ4n) is 5.43. The highest BCUT2D eigenvalue weighted by Crippen LogP contribution is 2.32. The molecule has 1 aliphatic carbocycles. The lowest BCUT2D eigenvalue weighted by atomic mass is 9.83. The summed E-state index contributed by atoms with van der Waals surface area (Å²) in [5.41, 5.74) is 0.968. The van der Waals surface area contributed by atoms with Gasteiger partial charge in [-0.25, -0.2) is 4.39 Å². The van der Waals surface area contributed by atoms with Crippen molar-refractivity contribution in [2.75, 3.05) is 13.4 Å². The first-order chi connectivity index (χ1) is 21.4. The minimum absolute atomic E-state index is 0.116. The molecule has 0 aromatic heterocycles. The van der Waals surface area contributed by atoms with Gasteiger partial charge in [-0.1, -0.05) is 23.7 Å². The smallest absolute Gasteiger partial charge is 0.247 e. The van der Waals surface area contributed by atoms with Crippen LogP contribution in [0.5, 0.6) is 11.5 Å². The van der Waals surface area contributed by atoms with E-state index in [4.69, 9.17) is 35.3 Å². The van der Waals surface area contributed by atoms with Crippen molar-refractivity contribution >= 4 is 23.6 Å². The van der Waals surface area contributed by atoms with E-state index >= 15 is 4.39 Å². The molecule has 3 fully saturated rings. The van der Waals surface area contributed by atoms with Crippen LogP contribution in [0.2, 0.25) is 5.02 Å². The predicted octanol–water partition coefficient (Wildman–Crippen LogP) is 1.06. The van der Waals surface area contributed by atoms with Crippen LogP contribution >= 0.6 is 11.6 Å². The van der Waals surface area contributed by atoms with Crippen LogP contribution in [0.1, 0.15) is 19.4 Å². The molecule has 2 aromatic carbocycles. The molecule has 1 amide bonds. The zero-order valence-corrected chi connectivity index (χ0v) is 25.1. The van der Waals surface area contributed by atoms with Gasteiger partial charge in [-0.15, -0.1) is 0 Å². The van der Waals surface area contributed by atoms with Crippen LogP contribution in [-0.2, 0) is 19.0 Å². The minimum atomic E-state index is -1.51. The van der Waals surface area contributed by atoms with Crippen molar-refractivity contribution in [1.29, 1.82) is 0 Å². The maximum atomic E-state index is 15.0. The second-order valence-electron chi connectivity index (χ2n) is 11.1. The van der Waals surface area contributed by atoms with E-state index in [2.05, 4.69) is 5.32 Å². The number of aliphatic hydroxyl groups is 5. The molecule has 0 unspecified atom stereocenters. The van der Waals surface area contributed by atoms with Crippen LogP contribution < -0.4 is 14.8 Å². The largest absolute Gasteiger partial charge is 0.489 e. The van der Waals surface area contributed by atoms with Crippen molar-refractivity contribution in [1.82, 2.24) is 5.32 Å². The predicted molar refractivity (Wildman–Crippen MR) is 157 cm³/mol. The summed E-state index contributed by atoms with van der Waals surface area (Å²) in [5.74, 6) is -1.20. The van der Waals surface area contributed by atoms with Crippen molar-refractivity contribution in [3.8, 4) is 11.5 Å². The molecular formula is C31H35ClFNO11. The molecule has 1 saturated carbocycles. The van der Waals surface area contributed by atoms with E-state index in [1.54, 1.807) is 37.3 Å². The molecule has 14 heteroatoms. The maximum absolute atomic E-state index is 15.0. The lowest BCUT2D eigenvalue weighted by Crippen LogP contribution is -2.67. The Bertz CT molecular complexity index is 1440. The number of carbonyl (C=O) groups is 1. The highest BCUT2D eigenvalue weighted by molar-refractivity contribution is 6.30. The Hall–Kier alpha value is -3.11. The van der Waals surface area contributed by atoms with Crippen LogP contribution in [0.4, 0.5) is 4.39 Å². The average molecular weight is 652 g/mol. The summed E-state index contributed by atoms with van der Waals surface area (Å²) in [7, 11) is 0. The van der Waals surface area contributed by atoms with Crippen LogP contribution in [0.25, 0.3) is 6.08 Å². The van der Waals surface area contributed by atoms with Crippen molar-refractivity contribution in [2.45, 2.75) is 75.0 Å². The fraction of sp³-hybridized carbons (Fsp3) is 0.452. The number of carbonyl (C=O) groups excluding carboxylic acids is 1. The number of fused-ring (bicyclic) bond motifs is 1. The third-order valence-corrected chi connectivity index (χ3v) is 8.20. The molecule has 2 saturated heterocycles. The SMILES string of the molecule is C/C(=C\c1ccc(O[C@@H]2O[C@H](/C(C)=C/COc3cccc(Cl)c3)[C@@H](O)[C@@H]2O)c(F)c1)C(=O)N[C@@H]1[C@H](O)[C@@H](O)[C@H]2OCO[C@H]2[C@@H]1O. The second-order valence-corrected chi connectivity index (χ2v) is 11.5. The van der Waals surface area contributed by atoms with Crippen molar-refractivity contribution < 1.29 is 58.4 Å². The Morgan fingerprint density at radius 3 is 2.44 bits per heavy atom. The van der Waals surface area contributed by atoms with Gasteiger partial charge in [0.25, 0.3) is 0 Å². The van der Waals surface area contributed by atoms with Gasteiger partial charge in [0.15, 0.2) is 11.6 Å². The minimum Gasteiger partial charge on any atom is -0.489 e. The Kier molecular flexibility index (Phi) is 10.4. The van der Waals surface area contributed by atoms with E-state index in [-0.39, 0.29) is 30.3 Å². The number of benzene rings is 2. The van der Waals surface area contributed by atoms with Gasteiger partial charge in [-0.2, -0.15) is 0 Å². The number of ether oxygens (including phenoxy) is 5. The highest BCUT2D eigenvalue weighted by atomic mass is 35.5.